The van der Waals surface area contributed by atoms with Crippen LogP contribution < -0.4 is 21.1 Å². The second-order valence-corrected chi connectivity index (χ2v) is 14.5. The number of anilines is 1. The van der Waals surface area contributed by atoms with E-state index in [1.807, 2.05) is 36.5 Å². The van der Waals surface area contributed by atoms with Gasteiger partial charge in [-0.05, 0) is 94.8 Å². The van der Waals surface area contributed by atoms with E-state index in [9.17, 15) is 19.2 Å². The number of methoxy groups -OCH3 is 1. The Balaban J connectivity index is 0.862. The Morgan fingerprint density at radius 3 is 2.69 bits per heavy atom. The van der Waals surface area contributed by atoms with Crippen LogP contribution in [0.15, 0.2) is 65.8 Å². The molecule has 2 N–H and O–H groups in total. The number of benzene rings is 2. The fourth-order valence-electron chi connectivity index (χ4n) is 8.28. The quantitative estimate of drug-likeness (QED) is 0.145. The maximum Gasteiger partial charge on any atom is 0.329 e. The van der Waals surface area contributed by atoms with Crippen LogP contribution in [0, 0.1) is 0 Å². The van der Waals surface area contributed by atoms with Crippen LogP contribution in [-0.2, 0) is 23.1 Å². The molecule has 2 fully saturated rings. The molecule has 0 radical (unpaired) electrons. The van der Waals surface area contributed by atoms with Crippen LogP contribution in [0.2, 0.25) is 0 Å². The number of piperidine rings is 1. The number of rotatable bonds is 11. The SMILES string of the molecule is COc1cc2nn(C3CCC(N(C)CCCCc4cccc5c4n(C)c(=O)n5C4CCC(=O)NC4=O)CC3)cc2cc1C(=O)Nc1cnc2cccnn12. The number of aromatic nitrogens is 7. The van der Waals surface area contributed by atoms with E-state index in [0.717, 1.165) is 79.0 Å². The first kappa shape index (κ1) is 35.2. The number of amides is 3. The molecule has 2 aromatic carbocycles. The first-order valence-corrected chi connectivity index (χ1v) is 18.6. The lowest BCUT2D eigenvalue weighted by Crippen LogP contribution is -2.44. The van der Waals surface area contributed by atoms with Crippen LogP contribution in [0.5, 0.6) is 5.75 Å². The largest absolute Gasteiger partial charge is 0.496 e. The molecule has 6 aromatic rings. The van der Waals surface area contributed by atoms with Gasteiger partial charge in [-0.25, -0.2) is 9.78 Å². The number of unbranched alkanes of at least 4 members (excludes halogenated alkanes) is 1. The highest BCUT2D eigenvalue weighted by atomic mass is 16.5. The highest BCUT2D eigenvalue weighted by molar-refractivity contribution is 6.08. The molecule has 5 heterocycles. The average Bonchev–Trinajstić information content (AvgIpc) is 3.87. The summed E-state index contributed by atoms with van der Waals surface area (Å²) in [5, 5.41) is 15.3. The topological polar surface area (TPSA) is 163 Å². The fourth-order valence-corrected chi connectivity index (χ4v) is 8.28. The third-order valence-electron chi connectivity index (χ3n) is 11.2. The summed E-state index contributed by atoms with van der Waals surface area (Å²) >= 11 is 0. The minimum absolute atomic E-state index is 0.220. The molecule has 2 aliphatic rings. The molecule has 1 atom stereocenters. The van der Waals surface area contributed by atoms with Gasteiger partial charge in [0.25, 0.3) is 5.91 Å². The number of carbonyl (C=O) groups excluding carboxylic acids is 3. The minimum Gasteiger partial charge on any atom is -0.496 e. The van der Waals surface area contributed by atoms with Gasteiger partial charge in [0.15, 0.2) is 11.5 Å². The van der Waals surface area contributed by atoms with E-state index in [2.05, 4.69) is 43.4 Å². The summed E-state index contributed by atoms with van der Waals surface area (Å²) in [6.07, 6.45) is 12.8. The monoisotopic (exact) mass is 732 g/mol. The van der Waals surface area contributed by atoms with E-state index in [1.165, 1.54) is 0 Å². The van der Waals surface area contributed by atoms with Gasteiger partial charge in [-0.2, -0.15) is 14.7 Å². The van der Waals surface area contributed by atoms with Gasteiger partial charge >= 0.3 is 5.69 Å². The minimum atomic E-state index is -0.687. The van der Waals surface area contributed by atoms with E-state index in [0.29, 0.717) is 35.2 Å². The van der Waals surface area contributed by atoms with Crippen molar-refractivity contribution in [2.75, 3.05) is 26.0 Å². The first-order valence-electron chi connectivity index (χ1n) is 18.6. The number of fused-ring (bicyclic) bond motifs is 3. The van der Waals surface area contributed by atoms with Crippen molar-refractivity contribution in [1.29, 1.82) is 0 Å². The standard InChI is InChI=1S/C39H44N10O5/c1-45(19-5-4-8-24-9-6-10-30-36(24)46(2)39(53)48(30)31-16-17-35(50)43-38(31)52)26-12-14-27(15-13-26)47-23-25-20-28(32(54-3)21-29(25)44-47)37(51)42-34-22-40-33-11-7-18-41-49(33)34/h6-7,9-11,18,20-23,26-27,31H,4-5,8,12-17,19H2,1-3H3,(H,42,51)(H,43,50,52). The molecule has 15 nitrogen and oxygen atoms in total. The number of imidazole rings is 2. The lowest BCUT2D eigenvalue weighted by atomic mass is 9.90. The molecule has 3 amide bonds. The number of para-hydroxylation sites is 1. The fraction of sp³-hybridized carbons (Fsp3) is 0.410. The van der Waals surface area contributed by atoms with Crippen molar-refractivity contribution in [3.8, 4) is 5.75 Å². The lowest BCUT2D eigenvalue weighted by Gasteiger charge is -2.34. The maximum atomic E-state index is 13.4. The zero-order valence-electron chi connectivity index (χ0n) is 30.7. The number of hydrogen-bond acceptors (Lipinski definition) is 9. The second kappa shape index (κ2) is 14.5. The summed E-state index contributed by atoms with van der Waals surface area (Å²) in [5.41, 5.74) is 4.26. The highest BCUT2D eigenvalue weighted by Gasteiger charge is 2.32. The third-order valence-corrected chi connectivity index (χ3v) is 11.2. The lowest BCUT2D eigenvalue weighted by molar-refractivity contribution is -0.135. The van der Waals surface area contributed by atoms with Gasteiger partial charge in [-0.1, -0.05) is 12.1 Å². The molecule has 0 spiro atoms. The normalized spacial score (nSPS) is 19.2. The molecule has 1 saturated carbocycles. The van der Waals surface area contributed by atoms with Crippen molar-refractivity contribution in [1.82, 2.24) is 43.7 Å². The smallest absolute Gasteiger partial charge is 0.329 e. The van der Waals surface area contributed by atoms with Gasteiger partial charge in [0.2, 0.25) is 11.8 Å². The molecule has 15 heteroatoms. The van der Waals surface area contributed by atoms with Gasteiger partial charge in [-0.15, -0.1) is 0 Å². The predicted molar refractivity (Wildman–Crippen MR) is 203 cm³/mol. The summed E-state index contributed by atoms with van der Waals surface area (Å²) < 4.78 is 12.4. The molecule has 1 aliphatic carbocycles. The van der Waals surface area contributed by atoms with Crippen molar-refractivity contribution in [3.63, 3.8) is 0 Å². The summed E-state index contributed by atoms with van der Waals surface area (Å²) in [7, 11) is 5.51. The second-order valence-electron chi connectivity index (χ2n) is 14.5. The van der Waals surface area contributed by atoms with Crippen LogP contribution in [0.3, 0.4) is 0 Å². The van der Waals surface area contributed by atoms with Crippen LogP contribution >= 0.6 is 0 Å². The average molecular weight is 733 g/mol. The first-order chi connectivity index (χ1) is 26.2. The van der Waals surface area contributed by atoms with Gasteiger partial charge < -0.3 is 15.0 Å². The van der Waals surface area contributed by atoms with E-state index in [1.54, 1.807) is 46.3 Å². The molecule has 1 aliphatic heterocycles. The van der Waals surface area contributed by atoms with E-state index in [-0.39, 0.29) is 30.0 Å². The van der Waals surface area contributed by atoms with Gasteiger partial charge in [0, 0.05) is 43.4 Å². The summed E-state index contributed by atoms with van der Waals surface area (Å²) in [6, 6.07) is 13.2. The molecule has 1 saturated heterocycles. The number of nitrogens with one attached hydrogen (secondary N) is 2. The third kappa shape index (κ3) is 6.52. The van der Waals surface area contributed by atoms with E-state index in [4.69, 9.17) is 9.84 Å². The molecule has 1 unspecified atom stereocenters. The number of imide groups is 1. The van der Waals surface area contributed by atoms with Crippen molar-refractivity contribution in [2.45, 2.75) is 75.9 Å². The van der Waals surface area contributed by atoms with Crippen molar-refractivity contribution in [3.05, 3.63) is 82.7 Å². The Morgan fingerprint density at radius 1 is 1.06 bits per heavy atom. The molecule has 280 valence electrons. The zero-order chi connectivity index (χ0) is 37.5. The van der Waals surface area contributed by atoms with Gasteiger partial charge in [0.1, 0.15) is 11.8 Å². The molecular formula is C39H44N10O5. The van der Waals surface area contributed by atoms with Crippen molar-refractivity contribution < 1.29 is 19.1 Å². The summed E-state index contributed by atoms with van der Waals surface area (Å²) in [4.78, 5) is 57.8. The summed E-state index contributed by atoms with van der Waals surface area (Å²) in [6.45, 7) is 0.975. The maximum absolute atomic E-state index is 13.4. The molecule has 0 bridgehead atoms. The number of ether oxygens (including phenoxy) is 1. The van der Waals surface area contributed by atoms with Crippen molar-refractivity contribution >= 4 is 51.1 Å². The van der Waals surface area contributed by atoms with E-state index < -0.39 is 11.9 Å². The highest BCUT2D eigenvalue weighted by Crippen LogP contribution is 2.33. The number of aryl methyl sites for hydroxylation is 2. The summed E-state index contributed by atoms with van der Waals surface area (Å²) in [5.74, 6) is -0.112. The predicted octanol–water partition coefficient (Wildman–Crippen LogP) is 4.41. The Morgan fingerprint density at radius 2 is 1.89 bits per heavy atom. The molecule has 54 heavy (non-hydrogen) atoms. The Labute approximate surface area is 310 Å². The van der Waals surface area contributed by atoms with Gasteiger partial charge in [0.05, 0.1) is 41.5 Å². The number of hydrogen-bond donors (Lipinski definition) is 2. The molecular weight excluding hydrogens is 688 g/mol. The van der Waals surface area contributed by atoms with Crippen LogP contribution in [-0.4, -0.2) is 82.9 Å². The Bertz CT molecular complexity index is 2450. The molecule has 8 rings (SSSR count). The Hall–Kier alpha value is -5.83. The van der Waals surface area contributed by atoms with Crippen LogP contribution in [0.25, 0.3) is 27.6 Å². The van der Waals surface area contributed by atoms with Crippen LogP contribution in [0.1, 0.15) is 79.4 Å². The van der Waals surface area contributed by atoms with Crippen LogP contribution in [0.4, 0.5) is 5.82 Å². The van der Waals surface area contributed by atoms with E-state index >= 15 is 0 Å². The van der Waals surface area contributed by atoms with Crippen molar-refractivity contribution in [2.24, 2.45) is 7.05 Å². The Kier molecular flexibility index (Phi) is 9.48. The molecule has 4 aromatic heterocycles. The number of carbonyl (C=O) groups is 3. The number of nitrogens with zero attached hydrogens (tertiary/aromatic N) is 8. The van der Waals surface area contributed by atoms with Gasteiger partial charge in [-0.3, -0.25) is 33.5 Å². The zero-order valence-corrected chi connectivity index (χ0v) is 30.7.